The Bertz CT molecular complexity index is 451. The number of rotatable bonds is 5. The monoisotopic (exact) mass is 246 g/mol. The maximum absolute atomic E-state index is 11.7. The molecule has 0 unspecified atom stereocenters. The zero-order valence-electron chi connectivity index (χ0n) is 10.1. The van der Waals surface area contributed by atoms with Crippen molar-refractivity contribution in [3.8, 4) is 6.07 Å². The van der Waals surface area contributed by atoms with E-state index in [1.165, 1.54) is 6.92 Å². The quantitative estimate of drug-likeness (QED) is 0.779. The third-order valence-corrected chi connectivity index (χ3v) is 2.22. The fourth-order valence-corrected chi connectivity index (χ4v) is 1.49. The summed E-state index contributed by atoms with van der Waals surface area (Å²) in [7, 11) is 0. The fraction of sp³-hybridized carbons (Fsp3) is 0.308. The van der Waals surface area contributed by atoms with Gasteiger partial charge in [-0.1, -0.05) is 30.3 Å². The number of nitriles is 1. The third-order valence-electron chi connectivity index (χ3n) is 2.22. The maximum Gasteiger partial charge on any atom is 0.330 e. The Labute approximate surface area is 105 Å². The highest BCUT2D eigenvalue weighted by molar-refractivity contribution is 5.83. The SMILES string of the molecule is CC(=O)N[C@@H](Cc1ccccc1)C(=O)OCC#N. The van der Waals surface area contributed by atoms with Crippen molar-refractivity contribution in [3.05, 3.63) is 35.9 Å². The highest BCUT2D eigenvalue weighted by Gasteiger charge is 2.21. The highest BCUT2D eigenvalue weighted by atomic mass is 16.5. The molecule has 0 aromatic heterocycles. The molecule has 0 saturated carbocycles. The van der Waals surface area contributed by atoms with Crippen molar-refractivity contribution in [3.63, 3.8) is 0 Å². The minimum atomic E-state index is -0.766. The van der Waals surface area contributed by atoms with Gasteiger partial charge in [-0.3, -0.25) is 4.79 Å². The van der Waals surface area contributed by atoms with Gasteiger partial charge in [-0.25, -0.2) is 4.79 Å². The second kappa shape index (κ2) is 7.07. The number of esters is 1. The molecule has 1 N–H and O–H groups in total. The van der Waals surface area contributed by atoms with E-state index in [0.29, 0.717) is 6.42 Å². The summed E-state index contributed by atoms with van der Waals surface area (Å²) in [5.74, 6) is -0.916. The van der Waals surface area contributed by atoms with Crippen LogP contribution in [0.15, 0.2) is 30.3 Å². The van der Waals surface area contributed by atoms with Gasteiger partial charge in [0.1, 0.15) is 12.1 Å². The molecule has 1 aromatic rings. The Hall–Kier alpha value is -2.35. The zero-order chi connectivity index (χ0) is 13.4. The van der Waals surface area contributed by atoms with Crippen LogP contribution in [-0.2, 0) is 20.7 Å². The third kappa shape index (κ3) is 4.66. The highest BCUT2D eigenvalue weighted by Crippen LogP contribution is 2.04. The molecular formula is C13H14N2O3. The van der Waals surface area contributed by atoms with Crippen LogP contribution in [0.1, 0.15) is 12.5 Å². The summed E-state index contributed by atoms with van der Waals surface area (Å²) in [6.07, 6.45) is 0.338. The summed E-state index contributed by atoms with van der Waals surface area (Å²) in [6, 6.07) is 10.2. The fourth-order valence-electron chi connectivity index (χ4n) is 1.49. The van der Waals surface area contributed by atoms with Gasteiger partial charge >= 0.3 is 5.97 Å². The van der Waals surface area contributed by atoms with Crippen molar-refractivity contribution in [2.45, 2.75) is 19.4 Å². The normalized spacial score (nSPS) is 11.1. The molecule has 1 amide bonds. The molecule has 0 heterocycles. The predicted molar refractivity (Wildman–Crippen MR) is 64.3 cm³/mol. The molecule has 0 bridgehead atoms. The molecule has 1 rings (SSSR count). The van der Waals surface area contributed by atoms with Crippen molar-refractivity contribution >= 4 is 11.9 Å². The zero-order valence-corrected chi connectivity index (χ0v) is 10.1. The van der Waals surface area contributed by atoms with E-state index in [1.807, 2.05) is 30.3 Å². The molecule has 0 aliphatic carbocycles. The van der Waals surface area contributed by atoms with Crippen LogP contribution in [-0.4, -0.2) is 24.5 Å². The van der Waals surface area contributed by atoms with Crippen LogP contribution in [0.25, 0.3) is 0 Å². The molecule has 0 saturated heterocycles. The van der Waals surface area contributed by atoms with Crippen LogP contribution < -0.4 is 5.32 Å². The van der Waals surface area contributed by atoms with Crippen LogP contribution in [0, 0.1) is 11.3 Å². The van der Waals surface area contributed by atoms with Crippen molar-refractivity contribution in [1.82, 2.24) is 5.32 Å². The summed E-state index contributed by atoms with van der Waals surface area (Å²) in [6.45, 7) is 1.01. The van der Waals surface area contributed by atoms with Gasteiger partial charge in [0.15, 0.2) is 6.61 Å². The lowest BCUT2D eigenvalue weighted by atomic mass is 10.1. The predicted octanol–water partition coefficient (Wildman–Crippen LogP) is 0.801. The van der Waals surface area contributed by atoms with E-state index in [2.05, 4.69) is 5.32 Å². The first-order valence-corrected chi connectivity index (χ1v) is 5.48. The lowest BCUT2D eigenvalue weighted by Gasteiger charge is -2.15. The van der Waals surface area contributed by atoms with Gasteiger partial charge in [0.25, 0.3) is 0 Å². The lowest BCUT2D eigenvalue weighted by molar-refractivity contribution is -0.146. The summed E-state index contributed by atoms with van der Waals surface area (Å²) >= 11 is 0. The molecule has 94 valence electrons. The average Bonchev–Trinajstić information content (AvgIpc) is 2.36. The van der Waals surface area contributed by atoms with Crippen molar-refractivity contribution < 1.29 is 14.3 Å². The van der Waals surface area contributed by atoms with Gasteiger partial charge in [0.05, 0.1) is 0 Å². The van der Waals surface area contributed by atoms with E-state index in [4.69, 9.17) is 10.00 Å². The minimum Gasteiger partial charge on any atom is -0.449 e. The second-order valence-corrected chi connectivity index (χ2v) is 3.71. The maximum atomic E-state index is 11.7. The molecular weight excluding hydrogens is 232 g/mol. The van der Waals surface area contributed by atoms with Crippen molar-refractivity contribution in [1.29, 1.82) is 5.26 Å². The molecule has 1 atom stereocenters. The molecule has 5 nitrogen and oxygen atoms in total. The van der Waals surface area contributed by atoms with E-state index >= 15 is 0 Å². The lowest BCUT2D eigenvalue weighted by Crippen LogP contribution is -2.42. The number of ether oxygens (including phenoxy) is 1. The number of nitrogens with zero attached hydrogens (tertiary/aromatic N) is 1. The van der Waals surface area contributed by atoms with Crippen molar-refractivity contribution in [2.24, 2.45) is 0 Å². The van der Waals surface area contributed by atoms with Crippen LogP contribution in [0.3, 0.4) is 0 Å². The summed E-state index contributed by atoms with van der Waals surface area (Å²) < 4.78 is 4.71. The summed E-state index contributed by atoms with van der Waals surface area (Å²) in [5, 5.41) is 10.9. The summed E-state index contributed by atoms with van der Waals surface area (Å²) in [4.78, 5) is 22.7. The molecule has 0 aliphatic rings. The molecule has 5 heteroatoms. The number of hydrogen-bond acceptors (Lipinski definition) is 4. The number of benzene rings is 1. The van der Waals surface area contributed by atoms with Gasteiger partial charge in [-0.2, -0.15) is 5.26 Å². The molecule has 0 fully saturated rings. The van der Waals surface area contributed by atoms with Gasteiger partial charge < -0.3 is 10.1 Å². The van der Waals surface area contributed by atoms with E-state index in [9.17, 15) is 9.59 Å². The van der Waals surface area contributed by atoms with Gasteiger partial charge in [-0.15, -0.1) is 0 Å². The van der Waals surface area contributed by atoms with Gasteiger partial charge in [-0.05, 0) is 5.56 Å². The number of carbonyl (C=O) groups excluding carboxylic acids is 2. The summed E-state index contributed by atoms with van der Waals surface area (Å²) in [5.41, 5.74) is 0.908. The number of amides is 1. The Morgan fingerprint density at radius 3 is 2.61 bits per heavy atom. The molecule has 0 aliphatic heterocycles. The Balaban J connectivity index is 2.69. The molecule has 0 spiro atoms. The van der Waals surface area contributed by atoms with E-state index in [0.717, 1.165) is 5.56 Å². The number of nitrogens with one attached hydrogen (secondary N) is 1. The Morgan fingerprint density at radius 2 is 2.06 bits per heavy atom. The Morgan fingerprint density at radius 1 is 1.39 bits per heavy atom. The van der Waals surface area contributed by atoms with Crippen LogP contribution in [0.5, 0.6) is 0 Å². The molecule has 0 radical (unpaired) electrons. The van der Waals surface area contributed by atoms with E-state index < -0.39 is 12.0 Å². The second-order valence-electron chi connectivity index (χ2n) is 3.71. The minimum absolute atomic E-state index is 0.315. The van der Waals surface area contributed by atoms with E-state index in [1.54, 1.807) is 6.07 Å². The average molecular weight is 246 g/mol. The first kappa shape index (κ1) is 13.7. The van der Waals surface area contributed by atoms with Crippen LogP contribution >= 0.6 is 0 Å². The smallest absolute Gasteiger partial charge is 0.330 e. The largest absolute Gasteiger partial charge is 0.449 e. The molecule has 18 heavy (non-hydrogen) atoms. The topological polar surface area (TPSA) is 79.2 Å². The first-order valence-electron chi connectivity index (χ1n) is 5.48. The van der Waals surface area contributed by atoms with Crippen molar-refractivity contribution in [2.75, 3.05) is 6.61 Å². The first-order chi connectivity index (χ1) is 8.63. The van der Waals surface area contributed by atoms with Crippen LogP contribution in [0.4, 0.5) is 0 Å². The Kier molecular flexibility index (Phi) is 5.39. The van der Waals surface area contributed by atoms with Gasteiger partial charge in [0.2, 0.25) is 5.91 Å². The number of hydrogen-bond donors (Lipinski definition) is 1. The number of carbonyl (C=O) groups is 2. The van der Waals surface area contributed by atoms with Gasteiger partial charge in [0, 0.05) is 13.3 Å². The van der Waals surface area contributed by atoms with E-state index in [-0.39, 0.29) is 12.5 Å². The standard InChI is InChI=1S/C13H14N2O3/c1-10(16)15-12(13(17)18-8-7-14)9-11-5-3-2-4-6-11/h2-6,12H,8-9H2,1H3,(H,15,16)/t12-/m0/s1. The molecule has 1 aromatic carbocycles. The van der Waals surface area contributed by atoms with Crippen LogP contribution in [0.2, 0.25) is 0 Å².